The molecule has 8 heavy (non-hydrogen) atoms. The second-order valence-electron chi connectivity index (χ2n) is 1.29. The third-order valence-corrected chi connectivity index (χ3v) is 1.12. The molecular formula is C5H7IO2. The molecule has 0 unspecified atom stereocenters. The van der Waals surface area contributed by atoms with Gasteiger partial charge in [-0.25, -0.2) is 0 Å². The molecule has 0 aliphatic rings. The molecule has 1 N–H and O–H groups in total. The van der Waals surface area contributed by atoms with E-state index in [1.807, 2.05) is 10.2 Å². The van der Waals surface area contributed by atoms with Crippen LogP contribution in [0.4, 0.5) is 0 Å². The summed E-state index contributed by atoms with van der Waals surface area (Å²) in [6.45, 7) is 0. The number of carboxylic acids is 1. The summed E-state index contributed by atoms with van der Waals surface area (Å²) in [5, 5.41) is 8.10. The summed E-state index contributed by atoms with van der Waals surface area (Å²) < 4.78 is 1.82. The summed E-state index contributed by atoms with van der Waals surface area (Å²) in [5.74, 6) is -0.737. The fourth-order valence-electron chi connectivity index (χ4n) is 0.270. The van der Waals surface area contributed by atoms with Crippen LogP contribution in [0.1, 0.15) is 12.8 Å². The molecule has 0 aliphatic heterocycles. The first kappa shape index (κ1) is 7.94. The molecule has 0 aliphatic carbocycles. The maximum atomic E-state index is 9.84. The summed E-state index contributed by atoms with van der Waals surface area (Å²) in [5.41, 5.74) is 0. The zero-order chi connectivity index (χ0) is 6.41. The summed E-state index contributed by atoms with van der Waals surface area (Å²) in [6.07, 6.45) is 2.70. The van der Waals surface area contributed by atoms with E-state index in [4.69, 9.17) is 5.11 Å². The van der Waals surface area contributed by atoms with Gasteiger partial charge >= 0.3 is 5.97 Å². The quantitative estimate of drug-likeness (QED) is 0.745. The molecule has 0 rings (SSSR count). The van der Waals surface area contributed by atoms with Crippen LogP contribution in [0.2, 0.25) is 0 Å². The highest BCUT2D eigenvalue weighted by Crippen LogP contribution is 1.92. The zero-order valence-corrected chi connectivity index (χ0v) is 6.46. The number of aliphatic carboxylic acids is 1. The van der Waals surface area contributed by atoms with Gasteiger partial charge in [0, 0.05) is 6.42 Å². The Hall–Kier alpha value is -0.0600. The minimum absolute atomic E-state index is 0.236. The van der Waals surface area contributed by atoms with Crippen molar-refractivity contribution in [3.63, 3.8) is 0 Å². The van der Waals surface area contributed by atoms with Gasteiger partial charge in [-0.15, -0.1) is 0 Å². The summed E-state index contributed by atoms with van der Waals surface area (Å²) in [4.78, 5) is 9.84. The molecule has 3 heteroatoms. The van der Waals surface area contributed by atoms with Gasteiger partial charge in [0.2, 0.25) is 0 Å². The standard InChI is InChI=1S/C5H7IO2/c6-4-2-1-3-5(7)8/h2,4H,1,3H2,(H,7,8)/b4-2-. The molecule has 0 spiro atoms. The predicted octanol–water partition coefficient (Wildman–Crippen LogP) is 1.80. The summed E-state index contributed by atoms with van der Waals surface area (Å²) >= 11 is 2.06. The lowest BCUT2D eigenvalue weighted by Crippen LogP contribution is -1.91. The predicted molar refractivity (Wildman–Crippen MR) is 40.0 cm³/mol. The largest absolute Gasteiger partial charge is 0.481 e. The Bertz CT molecular complexity index is 98.6. The highest BCUT2D eigenvalue weighted by atomic mass is 127. The van der Waals surface area contributed by atoms with Gasteiger partial charge in [0.1, 0.15) is 0 Å². The van der Waals surface area contributed by atoms with Crippen LogP contribution in [-0.4, -0.2) is 11.1 Å². The molecule has 0 amide bonds. The van der Waals surface area contributed by atoms with Crippen molar-refractivity contribution in [2.24, 2.45) is 0 Å². The van der Waals surface area contributed by atoms with Crippen molar-refractivity contribution in [2.75, 3.05) is 0 Å². The first-order valence-corrected chi connectivity index (χ1v) is 3.49. The smallest absolute Gasteiger partial charge is 0.303 e. The molecule has 0 saturated heterocycles. The third-order valence-electron chi connectivity index (χ3n) is 0.614. The van der Waals surface area contributed by atoms with Crippen molar-refractivity contribution >= 4 is 28.6 Å². The Kier molecular flexibility index (Phi) is 5.05. The molecular weight excluding hydrogens is 219 g/mol. The van der Waals surface area contributed by atoms with Gasteiger partial charge in [0.15, 0.2) is 0 Å². The topological polar surface area (TPSA) is 37.3 Å². The van der Waals surface area contributed by atoms with E-state index in [0.29, 0.717) is 6.42 Å². The zero-order valence-electron chi connectivity index (χ0n) is 4.30. The van der Waals surface area contributed by atoms with Crippen molar-refractivity contribution < 1.29 is 9.90 Å². The van der Waals surface area contributed by atoms with Crippen molar-refractivity contribution in [1.82, 2.24) is 0 Å². The molecule has 46 valence electrons. The molecule has 0 radical (unpaired) electrons. The molecule has 0 aromatic heterocycles. The lowest BCUT2D eigenvalue weighted by atomic mass is 10.3. The van der Waals surface area contributed by atoms with Crippen LogP contribution in [0, 0.1) is 0 Å². The average Bonchev–Trinajstić information content (AvgIpc) is 1.66. The van der Waals surface area contributed by atoms with Crippen molar-refractivity contribution in [2.45, 2.75) is 12.8 Å². The normalized spacial score (nSPS) is 10.1. The van der Waals surface area contributed by atoms with Crippen molar-refractivity contribution in [1.29, 1.82) is 0 Å². The number of rotatable bonds is 3. The second kappa shape index (κ2) is 5.08. The van der Waals surface area contributed by atoms with Crippen LogP contribution in [0.5, 0.6) is 0 Å². The number of hydrogen-bond acceptors (Lipinski definition) is 1. The van der Waals surface area contributed by atoms with Gasteiger partial charge in [-0.3, -0.25) is 4.79 Å². The highest BCUT2D eigenvalue weighted by Gasteiger charge is 1.89. The Labute approximate surface area is 61.7 Å². The van der Waals surface area contributed by atoms with E-state index in [2.05, 4.69) is 22.6 Å². The Morgan fingerprint density at radius 1 is 1.75 bits per heavy atom. The lowest BCUT2D eigenvalue weighted by Gasteiger charge is -1.83. The first-order valence-electron chi connectivity index (χ1n) is 2.24. The maximum Gasteiger partial charge on any atom is 0.303 e. The van der Waals surface area contributed by atoms with E-state index in [1.165, 1.54) is 0 Å². The van der Waals surface area contributed by atoms with E-state index in [-0.39, 0.29) is 6.42 Å². The summed E-state index contributed by atoms with van der Waals surface area (Å²) in [7, 11) is 0. The van der Waals surface area contributed by atoms with E-state index in [1.54, 1.807) is 0 Å². The molecule has 0 heterocycles. The minimum Gasteiger partial charge on any atom is -0.481 e. The van der Waals surface area contributed by atoms with Crippen LogP contribution in [0.25, 0.3) is 0 Å². The number of hydrogen-bond donors (Lipinski definition) is 1. The molecule has 0 aromatic carbocycles. The van der Waals surface area contributed by atoms with Crippen LogP contribution in [0.15, 0.2) is 10.2 Å². The first-order chi connectivity index (χ1) is 3.77. The van der Waals surface area contributed by atoms with E-state index < -0.39 is 5.97 Å². The van der Waals surface area contributed by atoms with Crippen LogP contribution < -0.4 is 0 Å². The number of carbonyl (C=O) groups is 1. The van der Waals surface area contributed by atoms with Crippen molar-refractivity contribution in [3.8, 4) is 0 Å². The lowest BCUT2D eigenvalue weighted by molar-refractivity contribution is -0.136. The third kappa shape index (κ3) is 5.94. The van der Waals surface area contributed by atoms with Gasteiger partial charge in [-0.2, -0.15) is 0 Å². The minimum atomic E-state index is -0.737. The maximum absolute atomic E-state index is 9.84. The number of carboxylic acid groups (broad SMARTS) is 1. The van der Waals surface area contributed by atoms with E-state index >= 15 is 0 Å². The van der Waals surface area contributed by atoms with Gasteiger partial charge in [0.05, 0.1) is 0 Å². The highest BCUT2D eigenvalue weighted by molar-refractivity contribution is 14.1. The summed E-state index contributed by atoms with van der Waals surface area (Å²) in [6, 6.07) is 0. The molecule has 0 atom stereocenters. The Morgan fingerprint density at radius 2 is 2.38 bits per heavy atom. The van der Waals surface area contributed by atoms with Crippen LogP contribution in [-0.2, 0) is 4.79 Å². The molecule has 0 saturated carbocycles. The van der Waals surface area contributed by atoms with E-state index in [0.717, 1.165) is 0 Å². The van der Waals surface area contributed by atoms with Gasteiger partial charge in [-0.05, 0) is 10.5 Å². The number of allylic oxidation sites excluding steroid dienone is 1. The average molecular weight is 226 g/mol. The molecule has 0 aromatic rings. The van der Waals surface area contributed by atoms with Crippen molar-refractivity contribution in [3.05, 3.63) is 10.2 Å². The SMILES string of the molecule is O=C(O)CC/C=C\I. The van der Waals surface area contributed by atoms with E-state index in [9.17, 15) is 4.79 Å². The van der Waals surface area contributed by atoms with Gasteiger partial charge < -0.3 is 5.11 Å². The molecule has 0 fully saturated rings. The Morgan fingerprint density at radius 3 is 2.75 bits per heavy atom. The van der Waals surface area contributed by atoms with Crippen LogP contribution >= 0.6 is 22.6 Å². The second-order valence-corrected chi connectivity index (χ2v) is 2.01. The fourth-order valence-corrected chi connectivity index (χ4v) is 0.629. The van der Waals surface area contributed by atoms with Gasteiger partial charge in [0.25, 0.3) is 0 Å². The Balaban J connectivity index is 3.05. The molecule has 0 bridgehead atoms. The number of halogens is 1. The fraction of sp³-hybridized carbons (Fsp3) is 0.400. The monoisotopic (exact) mass is 226 g/mol. The van der Waals surface area contributed by atoms with Gasteiger partial charge in [-0.1, -0.05) is 28.7 Å². The van der Waals surface area contributed by atoms with Crippen LogP contribution in [0.3, 0.4) is 0 Å². The molecule has 2 nitrogen and oxygen atoms in total.